The van der Waals surface area contributed by atoms with Crippen LogP contribution in [0.3, 0.4) is 0 Å². The molecule has 0 bridgehead atoms. The molecular formula is C13H21N3. The Labute approximate surface area is 97.9 Å². The minimum absolute atomic E-state index is 0.749. The summed E-state index contributed by atoms with van der Waals surface area (Å²) in [5, 5.41) is 3.49. The molecule has 16 heavy (non-hydrogen) atoms. The van der Waals surface area contributed by atoms with Crippen molar-refractivity contribution in [2.24, 2.45) is 0 Å². The minimum atomic E-state index is 0.749. The standard InChI is InChI=1S/C13H21N3/c1-3-9-16(2)13-6-4-5-12(15-13)10-14-11-7-8-11/h4-6,11,14H,3,7-10H2,1-2H3. The largest absolute Gasteiger partial charge is 0.360 e. The van der Waals surface area contributed by atoms with Crippen LogP contribution in [0.4, 0.5) is 5.82 Å². The maximum Gasteiger partial charge on any atom is 0.128 e. The maximum absolute atomic E-state index is 4.65. The molecule has 1 aromatic heterocycles. The van der Waals surface area contributed by atoms with E-state index in [1.165, 1.54) is 12.8 Å². The van der Waals surface area contributed by atoms with Crippen molar-refractivity contribution in [1.29, 1.82) is 0 Å². The average molecular weight is 219 g/mol. The highest BCUT2D eigenvalue weighted by Gasteiger charge is 2.20. The van der Waals surface area contributed by atoms with Crippen LogP contribution in [-0.4, -0.2) is 24.6 Å². The number of anilines is 1. The Kier molecular flexibility index (Phi) is 3.78. The Morgan fingerprint density at radius 1 is 1.44 bits per heavy atom. The normalized spacial score (nSPS) is 15.1. The summed E-state index contributed by atoms with van der Waals surface area (Å²) < 4.78 is 0. The molecule has 0 aromatic carbocycles. The van der Waals surface area contributed by atoms with Gasteiger partial charge in [-0.3, -0.25) is 0 Å². The Balaban J connectivity index is 1.94. The number of pyridine rings is 1. The molecule has 1 aliphatic rings. The van der Waals surface area contributed by atoms with Gasteiger partial charge in [0, 0.05) is 26.2 Å². The molecule has 3 heteroatoms. The summed E-state index contributed by atoms with van der Waals surface area (Å²) in [4.78, 5) is 6.86. The number of nitrogens with one attached hydrogen (secondary N) is 1. The predicted molar refractivity (Wildman–Crippen MR) is 67.7 cm³/mol. The number of rotatable bonds is 6. The van der Waals surface area contributed by atoms with E-state index in [-0.39, 0.29) is 0 Å². The molecule has 3 nitrogen and oxygen atoms in total. The van der Waals surface area contributed by atoms with Crippen LogP contribution in [0.2, 0.25) is 0 Å². The van der Waals surface area contributed by atoms with Crippen molar-refractivity contribution in [2.75, 3.05) is 18.5 Å². The Bertz CT molecular complexity index is 334. The monoisotopic (exact) mass is 219 g/mol. The zero-order valence-electron chi connectivity index (χ0n) is 10.2. The molecule has 1 fully saturated rings. The lowest BCUT2D eigenvalue weighted by molar-refractivity contribution is 0.673. The molecule has 0 amide bonds. The average Bonchev–Trinajstić information content (AvgIpc) is 3.11. The van der Waals surface area contributed by atoms with Crippen molar-refractivity contribution >= 4 is 5.82 Å². The van der Waals surface area contributed by atoms with Gasteiger partial charge < -0.3 is 10.2 Å². The number of aromatic nitrogens is 1. The molecule has 0 radical (unpaired) electrons. The van der Waals surface area contributed by atoms with Crippen molar-refractivity contribution in [3.05, 3.63) is 23.9 Å². The fourth-order valence-electron chi connectivity index (χ4n) is 1.76. The first-order valence-corrected chi connectivity index (χ1v) is 6.20. The lowest BCUT2D eigenvalue weighted by Gasteiger charge is -2.17. The van der Waals surface area contributed by atoms with Crippen LogP contribution >= 0.6 is 0 Å². The van der Waals surface area contributed by atoms with E-state index in [0.717, 1.165) is 37.1 Å². The van der Waals surface area contributed by atoms with E-state index < -0.39 is 0 Å². The van der Waals surface area contributed by atoms with Gasteiger partial charge in [-0.1, -0.05) is 13.0 Å². The van der Waals surface area contributed by atoms with Gasteiger partial charge in [-0.25, -0.2) is 4.98 Å². The zero-order chi connectivity index (χ0) is 11.4. The summed E-state index contributed by atoms with van der Waals surface area (Å²) in [5.41, 5.74) is 1.15. The summed E-state index contributed by atoms with van der Waals surface area (Å²) in [7, 11) is 2.10. The van der Waals surface area contributed by atoms with Crippen molar-refractivity contribution in [3.63, 3.8) is 0 Å². The lowest BCUT2D eigenvalue weighted by Crippen LogP contribution is -2.21. The summed E-state index contributed by atoms with van der Waals surface area (Å²) in [6.07, 6.45) is 3.81. The Hall–Kier alpha value is -1.09. The van der Waals surface area contributed by atoms with Gasteiger partial charge in [-0.15, -0.1) is 0 Å². The molecule has 1 saturated carbocycles. The van der Waals surface area contributed by atoms with Crippen LogP contribution in [0, 0.1) is 0 Å². The van der Waals surface area contributed by atoms with E-state index >= 15 is 0 Å². The Morgan fingerprint density at radius 2 is 2.25 bits per heavy atom. The van der Waals surface area contributed by atoms with E-state index in [1.54, 1.807) is 0 Å². The highest BCUT2D eigenvalue weighted by Crippen LogP contribution is 2.19. The summed E-state index contributed by atoms with van der Waals surface area (Å²) in [6, 6.07) is 7.02. The topological polar surface area (TPSA) is 28.2 Å². The Morgan fingerprint density at radius 3 is 2.94 bits per heavy atom. The summed E-state index contributed by atoms with van der Waals surface area (Å²) >= 11 is 0. The van der Waals surface area contributed by atoms with E-state index in [4.69, 9.17) is 0 Å². The van der Waals surface area contributed by atoms with E-state index in [0.29, 0.717) is 0 Å². The van der Waals surface area contributed by atoms with Gasteiger partial charge in [0.15, 0.2) is 0 Å². The second-order valence-corrected chi connectivity index (χ2v) is 4.56. The van der Waals surface area contributed by atoms with Crippen molar-refractivity contribution in [2.45, 2.75) is 38.8 Å². The van der Waals surface area contributed by atoms with Gasteiger partial charge in [0.2, 0.25) is 0 Å². The van der Waals surface area contributed by atoms with E-state index in [9.17, 15) is 0 Å². The van der Waals surface area contributed by atoms with Crippen LogP contribution in [-0.2, 0) is 6.54 Å². The molecule has 88 valence electrons. The van der Waals surface area contributed by atoms with Crippen LogP contribution in [0.5, 0.6) is 0 Å². The van der Waals surface area contributed by atoms with Crippen LogP contribution in [0.1, 0.15) is 31.9 Å². The van der Waals surface area contributed by atoms with Crippen LogP contribution < -0.4 is 10.2 Å². The van der Waals surface area contributed by atoms with Crippen molar-refractivity contribution in [1.82, 2.24) is 10.3 Å². The fourth-order valence-corrected chi connectivity index (χ4v) is 1.76. The maximum atomic E-state index is 4.65. The highest BCUT2D eigenvalue weighted by molar-refractivity contribution is 5.38. The van der Waals surface area contributed by atoms with Gasteiger partial charge in [0.1, 0.15) is 5.82 Å². The third kappa shape index (κ3) is 3.20. The highest BCUT2D eigenvalue weighted by atomic mass is 15.2. The minimum Gasteiger partial charge on any atom is -0.360 e. The SMILES string of the molecule is CCCN(C)c1cccc(CNC2CC2)n1. The number of hydrogen-bond acceptors (Lipinski definition) is 3. The van der Waals surface area contributed by atoms with Crippen molar-refractivity contribution in [3.8, 4) is 0 Å². The molecule has 0 spiro atoms. The molecular weight excluding hydrogens is 198 g/mol. The van der Waals surface area contributed by atoms with Gasteiger partial charge in [0.05, 0.1) is 5.69 Å². The molecule has 0 atom stereocenters. The summed E-state index contributed by atoms with van der Waals surface area (Å²) in [6.45, 7) is 4.15. The third-order valence-corrected chi connectivity index (χ3v) is 2.89. The molecule has 0 unspecified atom stereocenters. The van der Waals surface area contributed by atoms with Crippen LogP contribution in [0.15, 0.2) is 18.2 Å². The molecule has 0 aliphatic heterocycles. The lowest BCUT2D eigenvalue weighted by atomic mass is 10.3. The van der Waals surface area contributed by atoms with Crippen LogP contribution in [0.25, 0.3) is 0 Å². The smallest absolute Gasteiger partial charge is 0.128 e. The predicted octanol–water partition coefficient (Wildman–Crippen LogP) is 2.18. The van der Waals surface area contributed by atoms with E-state index in [2.05, 4.69) is 47.4 Å². The number of hydrogen-bond donors (Lipinski definition) is 1. The van der Waals surface area contributed by atoms with Gasteiger partial charge in [0.25, 0.3) is 0 Å². The van der Waals surface area contributed by atoms with Crippen molar-refractivity contribution < 1.29 is 0 Å². The quantitative estimate of drug-likeness (QED) is 0.795. The van der Waals surface area contributed by atoms with Gasteiger partial charge in [-0.2, -0.15) is 0 Å². The summed E-state index contributed by atoms with van der Waals surface area (Å²) in [5.74, 6) is 1.08. The zero-order valence-corrected chi connectivity index (χ0v) is 10.2. The molecule has 2 rings (SSSR count). The first-order valence-electron chi connectivity index (χ1n) is 6.20. The molecule has 1 heterocycles. The van der Waals surface area contributed by atoms with E-state index in [1.807, 2.05) is 0 Å². The third-order valence-electron chi connectivity index (χ3n) is 2.89. The van der Waals surface area contributed by atoms with Gasteiger partial charge >= 0.3 is 0 Å². The molecule has 1 aliphatic carbocycles. The van der Waals surface area contributed by atoms with Gasteiger partial charge in [-0.05, 0) is 31.4 Å². The second-order valence-electron chi connectivity index (χ2n) is 4.56. The first-order chi connectivity index (χ1) is 7.79. The molecule has 1 aromatic rings. The first kappa shape index (κ1) is 11.4. The fraction of sp³-hybridized carbons (Fsp3) is 0.615. The second kappa shape index (κ2) is 5.30. The molecule has 1 N–H and O–H groups in total. The number of nitrogens with zero attached hydrogens (tertiary/aromatic N) is 2. The molecule has 0 saturated heterocycles.